The van der Waals surface area contributed by atoms with Crippen molar-refractivity contribution in [3.05, 3.63) is 60.4 Å². The van der Waals surface area contributed by atoms with Gasteiger partial charge >= 0.3 is 5.97 Å². The van der Waals surface area contributed by atoms with Crippen LogP contribution in [0.4, 0.5) is 5.69 Å². The van der Waals surface area contributed by atoms with Crippen LogP contribution in [0.25, 0.3) is 5.69 Å². The molecule has 1 heterocycles. The molecule has 0 aliphatic carbocycles. The third-order valence-corrected chi connectivity index (χ3v) is 4.81. The summed E-state index contributed by atoms with van der Waals surface area (Å²) in [5.41, 5.74) is 1.37. The number of aromatic nitrogens is 4. The van der Waals surface area contributed by atoms with Gasteiger partial charge in [0.2, 0.25) is 0 Å². The Morgan fingerprint density at radius 3 is 2.38 bits per heavy atom. The number of benzene rings is 2. The molecule has 1 N–H and O–H groups in total. The van der Waals surface area contributed by atoms with E-state index in [1.807, 2.05) is 0 Å². The molecule has 3 rings (SSSR count). The Morgan fingerprint density at radius 2 is 1.81 bits per heavy atom. The summed E-state index contributed by atoms with van der Waals surface area (Å²) >= 11 is 0. The SMILES string of the molecule is CCOC(=O)c1ccc(S(=O)(=O)Nc2ccc(-n3cnnn3)cc2)cc1. The molecule has 0 unspecified atom stereocenters. The Kier molecular flexibility index (Phi) is 4.94. The number of sulfonamides is 1. The number of nitrogens with one attached hydrogen (secondary N) is 1. The van der Waals surface area contributed by atoms with E-state index in [0.29, 0.717) is 11.4 Å². The van der Waals surface area contributed by atoms with Crippen LogP contribution in [0.5, 0.6) is 0 Å². The highest BCUT2D eigenvalue weighted by molar-refractivity contribution is 7.92. The highest BCUT2D eigenvalue weighted by atomic mass is 32.2. The topological polar surface area (TPSA) is 116 Å². The van der Waals surface area contributed by atoms with Crippen molar-refractivity contribution in [3.8, 4) is 5.69 Å². The third kappa shape index (κ3) is 3.86. The van der Waals surface area contributed by atoms with E-state index in [1.165, 1.54) is 35.3 Å². The number of hydrogen-bond acceptors (Lipinski definition) is 7. The van der Waals surface area contributed by atoms with Gasteiger partial charge in [-0.3, -0.25) is 4.72 Å². The molecular formula is C16H15N5O4S. The Hall–Kier alpha value is -3.27. The lowest BCUT2D eigenvalue weighted by Crippen LogP contribution is -2.13. The van der Waals surface area contributed by atoms with Crippen LogP contribution < -0.4 is 4.72 Å². The number of hydrogen-bond donors (Lipinski definition) is 1. The second-order valence-corrected chi connectivity index (χ2v) is 6.83. The van der Waals surface area contributed by atoms with Crippen molar-refractivity contribution < 1.29 is 17.9 Å². The van der Waals surface area contributed by atoms with Crippen molar-refractivity contribution in [1.82, 2.24) is 20.2 Å². The number of nitrogens with zero attached hydrogens (tertiary/aromatic N) is 4. The molecule has 0 aliphatic rings. The number of carbonyl (C=O) groups excluding carboxylic acids is 1. The van der Waals surface area contributed by atoms with Crippen LogP contribution in [-0.2, 0) is 14.8 Å². The lowest BCUT2D eigenvalue weighted by molar-refractivity contribution is 0.0526. The minimum absolute atomic E-state index is 0.0371. The fourth-order valence-corrected chi connectivity index (χ4v) is 3.22. The van der Waals surface area contributed by atoms with Crippen LogP contribution in [0, 0.1) is 0 Å². The van der Waals surface area contributed by atoms with Gasteiger partial charge in [0.25, 0.3) is 10.0 Å². The molecule has 26 heavy (non-hydrogen) atoms. The van der Waals surface area contributed by atoms with Crippen molar-refractivity contribution in [2.75, 3.05) is 11.3 Å². The second kappa shape index (κ2) is 7.31. The van der Waals surface area contributed by atoms with Gasteiger partial charge in [-0.25, -0.2) is 17.9 Å². The summed E-state index contributed by atoms with van der Waals surface area (Å²) in [5.74, 6) is -0.498. The van der Waals surface area contributed by atoms with Gasteiger partial charge in [-0.15, -0.1) is 5.10 Å². The predicted octanol–water partition coefficient (Wildman–Crippen LogP) is 1.64. The largest absolute Gasteiger partial charge is 0.462 e. The van der Waals surface area contributed by atoms with E-state index in [1.54, 1.807) is 31.2 Å². The average Bonchev–Trinajstić information content (AvgIpc) is 3.17. The standard InChI is InChI=1S/C16H15N5O4S/c1-2-25-16(22)12-3-9-15(10-4-12)26(23,24)18-13-5-7-14(8-6-13)21-11-17-19-20-21/h3-11,18H,2H2,1H3. The molecular weight excluding hydrogens is 358 g/mol. The average molecular weight is 373 g/mol. The van der Waals surface area contributed by atoms with Crippen LogP contribution in [0.15, 0.2) is 59.8 Å². The van der Waals surface area contributed by atoms with Crippen molar-refractivity contribution >= 4 is 21.7 Å². The monoisotopic (exact) mass is 373 g/mol. The molecule has 3 aromatic rings. The number of esters is 1. The van der Waals surface area contributed by atoms with Crippen molar-refractivity contribution in [2.24, 2.45) is 0 Å². The molecule has 134 valence electrons. The van der Waals surface area contributed by atoms with Crippen molar-refractivity contribution in [3.63, 3.8) is 0 Å². The lowest BCUT2D eigenvalue weighted by atomic mass is 10.2. The molecule has 2 aromatic carbocycles. The molecule has 0 fully saturated rings. The fraction of sp³-hybridized carbons (Fsp3) is 0.125. The number of anilines is 1. The zero-order valence-electron chi connectivity index (χ0n) is 13.7. The zero-order valence-corrected chi connectivity index (χ0v) is 14.5. The Labute approximate surface area is 149 Å². The van der Waals surface area contributed by atoms with Gasteiger partial charge in [0.05, 0.1) is 22.8 Å². The van der Waals surface area contributed by atoms with E-state index >= 15 is 0 Å². The first-order valence-corrected chi connectivity index (χ1v) is 9.11. The first-order chi connectivity index (χ1) is 12.5. The van der Waals surface area contributed by atoms with E-state index in [0.717, 1.165) is 0 Å². The molecule has 0 atom stereocenters. The van der Waals surface area contributed by atoms with Gasteiger partial charge in [-0.2, -0.15) is 0 Å². The quantitative estimate of drug-likeness (QED) is 0.653. The molecule has 0 radical (unpaired) electrons. The number of ether oxygens (including phenoxy) is 1. The third-order valence-electron chi connectivity index (χ3n) is 3.41. The van der Waals surface area contributed by atoms with Crippen LogP contribution in [0.2, 0.25) is 0 Å². The highest BCUT2D eigenvalue weighted by Crippen LogP contribution is 2.18. The summed E-state index contributed by atoms with van der Waals surface area (Å²) in [6.45, 7) is 1.95. The summed E-state index contributed by atoms with van der Waals surface area (Å²) in [5, 5.41) is 10.8. The highest BCUT2D eigenvalue weighted by Gasteiger charge is 2.15. The molecule has 0 aliphatic heterocycles. The Morgan fingerprint density at radius 1 is 1.12 bits per heavy atom. The summed E-state index contributed by atoms with van der Waals surface area (Å²) < 4.78 is 33.7. The van der Waals surface area contributed by atoms with Gasteiger partial charge < -0.3 is 4.74 Å². The van der Waals surface area contributed by atoms with Crippen LogP contribution in [0.1, 0.15) is 17.3 Å². The van der Waals surface area contributed by atoms with E-state index < -0.39 is 16.0 Å². The number of rotatable bonds is 6. The minimum Gasteiger partial charge on any atom is -0.462 e. The Balaban J connectivity index is 1.75. The molecule has 0 bridgehead atoms. The van der Waals surface area contributed by atoms with E-state index in [9.17, 15) is 13.2 Å². The van der Waals surface area contributed by atoms with Gasteiger partial charge in [0.15, 0.2) is 0 Å². The molecule has 1 aromatic heterocycles. The fourth-order valence-electron chi connectivity index (χ4n) is 2.16. The summed E-state index contributed by atoms with van der Waals surface area (Å²) in [6, 6.07) is 12.1. The van der Waals surface area contributed by atoms with Crippen LogP contribution in [0.3, 0.4) is 0 Å². The van der Waals surface area contributed by atoms with Gasteiger partial charge in [0.1, 0.15) is 6.33 Å². The number of carbonyl (C=O) groups is 1. The number of tetrazole rings is 1. The van der Waals surface area contributed by atoms with E-state index in [2.05, 4.69) is 20.2 Å². The molecule has 0 amide bonds. The summed E-state index contributed by atoms with van der Waals surface area (Å²) in [4.78, 5) is 11.7. The van der Waals surface area contributed by atoms with Crippen molar-refractivity contribution in [2.45, 2.75) is 11.8 Å². The zero-order chi connectivity index (χ0) is 18.6. The lowest BCUT2D eigenvalue weighted by Gasteiger charge is -2.09. The van der Waals surface area contributed by atoms with Crippen LogP contribution in [-0.4, -0.2) is 41.2 Å². The molecule has 9 nitrogen and oxygen atoms in total. The van der Waals surface area contributed by atoms with Crippen molar-refractivity contribution in [1.29, 1.82) is 0 Å². The first kappa shape index (κ1) is 17.5. The van der Waals surface area contributed by atoms with E-state index in [-0.39, 0.29) is 17.1 Å². The molecule has 10 heteroatoms. The maximum atomic E-state index is 12.5. The van der Waals surface area contributed by atoms with Gasteiger partial charge in [-0.1, -0.05) is 0 Å². The maximum Gasteiger partial charge on any atom is 0.338 e. The molecule has 0 spiro atoms. The second-order valence-electron chi connectivity index (χ2n) is 5.15. The molecule has 0 saturated heterocycles. The maximum absolute atomic E-state index is 12.5. The first-order valence-electron chi connectivity index (χ1n) is 7.63. The predicted molar refractivity (Wildman–Crippen MR) is 92.4 cm³/mol. The summed E-state index contributed by atoms with van der Waals surface area (Å²) in [6.07, 6.45) is 1.43. The molecule has 0 saturated carbocycles. The van der Waals surface area contributed by atoms with Gasteiger partial charge in [0, 0.05) is 5.69 Å². The van der Waals surface area contributed by atoms with Gasteiger partial charge in [-0.05, 0) is 65.9 Å². The Bertz CT molecular complexity index is 984. The smallest absolute Gasteiger partial charge is 0.338 e. The van der Waals surface area contributed by atoms with E-state index in [4.69, 9.17) is 4.74 Å². The summed E-state index contributed by atoms with van der Waals surface area (Å²) in [7, 11) is -3.78. The minimum atomic E-state index is -3.78. The van der Waals surface area contributed by atoms with Crippen LogP contribution >= 0.6 is 0 Å². The normalized spacial score (nSPS) is 11.1.